The van der Waals surface area contributed by atoms with Crippen molar-refractivity contribution in [3.05, 3.63) is 94.0 Å². The first-order valence-corrected chi connectivity index (χ1v) is 10.6. The molecule has 0 aromatic heterocycles. The monoisotopic (exact) mass is 498 g/mol. The summed E-state index contributed by atoms with van der Waals surface area (Å²) in [7, 11) is 1.38. The minimum absolute atomic E-state index is 0.0138. The third-order valence-corrected chi connectivity index (χ3v) is 5.28. The summed E-state index contributed by atoms with van der Waals surface area (Å²) >= 11 is 6.37. The maximum Gasteiger partial charge on any atom is 0.335 e. The van der Waals surface area contributed by atoms with Crippen LogP contribution in [0.2, 0.25) is 5.02 Å². The van der Waals surface area contributed by atoms with Crippen molar-refractivity contribution >= 4 is 41.2 Å². The van der Waals surface area contributed by atoms with E-state index in [1.807, 2.05) is 0 Å². The fourth-order valence-corrected chi connectivity index (χ4v) is 3.69. The van der Waals surface area contributed by atoms with E-state index in [4.69, 9.17) is 21.1 Å². The zero-order valence-corrected chi connectivity index (χ0v) is 18.9. The number of nitrogens with zero attached hydrogens (tertiary/aromatic N) is 1. The molecule has 7 nitrogen and oxygen atoms in total. The Morgan fingerprint density at radius 3 is 2.40 bits per heavy atom. The van der Waals surface area contributed by atoms with Crippen LogP contribution < -0.4 is 19.7 Å². The Morgan fingerprint density at radius 1 is 1.00 bits per heavy atom. The number of carbonyl (C=O) groups is 3. The highest BCUT2D eigenvalue weighted by molar-refractivity contribution is 6.39. The summed E-state index contributed by atoms with van der Waals surface area (Å²) in [4.78, 5) is 38.3. The molecule has 0 radical (unpaired) electrons. The minimum atomic E-state index is -1.00. The number of hydrogen-bond donors (Lipinski definition) is 1. The van der Waals surface area contributed by atoms with Crippen molar-refractivity contribution in [3.63, 3.8) is 0 Å². The van der Waals surface area contributed by atoms with Gasteiger partial charge in [0, 0.05) is 0 Å². The maximum absolute atomic E-state index is 13.6. The lowest BCUT2D eigenvalue weighted by atomic mass is 10.1. The van der Waals surface area contributed by atoms with Crippen LogP contribution in [0.5, 0.6) is 11.5 Å². The molecule has 0 aliphatic carbocycles. The van der Waals surface area contributed by atoms with Gasteiger partial charge in [0.15, 0.2) is 11.5 Å². The molecule has 178 valence electrons. The van der Waals surface area contributed by atoms with E-state index in [2.05, 4.69) is 5.32 Å². The molecular formula is C25H17ClF2N2O5. The van der Waals surface area contributed by atoms with E-state index in [0.717, 1.165) is 12.1 Å². The Morgan fingerprint density at radius 2 is 1.71 bits per heavy atom. The van der Waals surface area contributed by atoms with Crippen molar-refractivity contribution < 1.29 is 32.6 Å². The van der Waals surface area contributed by atoms with Crippen molar-refractivity contribution in [1.29, 1.82) is 0 Å². The van der Waals surface area contributed by atoms with Crippen LogP contribution in [0.3, 0.4) is 0 Å². The third kappa shape index (κ3) is 5.15. The molecule has 1 saturated heterocycles. The summed E-state index contributed by atoms with van der Waals surface area (Å²) in [6.07, 6.45) is 1.22. The summed E-state index contributed by atoms with van der Waals surface area (Å²) in [5.41, 5.74) is 0.459. The quantitative estimate of drug-likeness (QED) is 0.387. The summed E-state index contributed by atoms with van der Waals surface area (Å²) in [6, 6.07) is 12.6. The summed E-state index contributed by atoms with van der Waals surface area (Å²) < 4.78 is 38.1. The number of hydrogen-bond acceptors (Lipinski definition) is 5. The standard InChI is InChI=1S/C25H17ClF2N2O5/c1-34-21-11-15(10-20(26)22(21)35-13-14-4-2-5-16(27)8-14)9-19-23(31)29-25(33)30(24(19)32)18-7-3-6-17(28)12-18/h2-12H,13H2,1H3,(H,29,31,33)/b19-9+. The molecule has 0 atom stereocenters. The van der Waals surface area contributed by atoms with Gasteiger partial charge in [-0.15, -0.1) is 0 Å². The minimum Gasteiger partial charge on any atom is -0.493 e. The number of carbonyl (C=O) groups excluding carboxylic acids is 3. The molecule has 3 aromatic carbocycles. The fourth-order valence-electron chi connectivity index (χ4n) is 3.42. The number of barbiturate groups is 1. The van der Waals surface area contributed by atoms with Gasteiger partial charge >= 0.3 is 6.03 Å². The largest absolute Gasteiger partial charge is 0.493 e. The topological polar surface area (TPSA) is 84.9 Å². The number of nitrogens with one attached hydrogen (secondary N) is 1. The van der Waals surface area contributed by atoms with Crippen molar-refractivity contribution in [1.82, 2.24) is 5.32 Å². The van der Waals surface area contributed by atoms with E-state index >= 15 is 0 Å². The second-order valence-corrected chi connectivity index (χ2v) is 7.80. The predicted octanol–water partition coefficient (Wildman–Crippen LogP) is 4.87. The third-order valence-electron chi connectivity index (χ3n) is 5.00. The van der Waals surface area contributed by atoms with Crippen LogP contribution in [0.1, 0.15) is 11.1 Å². The molecule has 0 bridgehead atoms. The van der Waals surface area contributed by atoms with Crippen LogP contribution in [-0.4, -0.2) is 25.0 Å². The highest BCUT2D eigenvalue weighted by Gasteiger charge is 2.37. The van der Waals surface area contributed by atoms with Gasteiger partial charge < -0.3 is 9.47 Å². The Hall–Kier alpha value is -4.24. The highest BCUT2D eigenvalue weighted by Crippen LogP contribution is 2.38. The first kappa shape index (κ1) is 23.9. The van der Waals surface area contributed by atoms with E-state index in [1.165, 1.54) is 49.6 Å². The number of amides is 4. The molecule has 35 heavy (non-hydrogen) atoms. The molecule has 1 aliphatic heterocycles. The van der Waals surface area contributed by atoms with Crippen LogP contribution in [-0.2, 0) is 16.2 Å². The molecule has 0 unspecified atom stereocenters. The lowest BCUT2D eigenvalue weighted by Gasteiger charge is -2.26. The van der Waals surface area contributed by atoms with Gasteiger partial charge in [0.05, 0.1) is 17.8 Å². The lowest BCUT2D eigenvalue weighted by molar-refractivity contribution is -0.122. The smallest absolute Gasteiger partial charge is 0.335 e. The number of anilines is 1. The van der Waals surface area contributed by atoms with Crippen LogP contribution in [0.15, 0.2) is 66.2 Å². The van der Waals surface area contributed by atoms with Gasteiger partial charge in [-0.1, -0.05) is 29.8 Å². The molecule has 1 heterocycles. The number of benzene rings is 3. The lowest BCUT2D eigenvalue weighted by Crippen LogP contribution is -2.54. The van der Waals surface area contributed by atoms with E-state index in [1.54, 1.807) is 12.1 Å². The summed E-state index contributed by atoms with van der Waals surface area (Å²) in [6.45, 7) is 0.0138. The van der Waals surface area contributed by atoms with Crippen LogP contribution >= 0.6 is 11.6 Å². The summed E-state index contributed by atoms with van der Waals surface area (Å²) in [5, 5.41) is 2.17. The Bertz CT molecular complexity index is 1380. The molecule has 3 aromatic rings. The van der Waals surface area contributed by atoms with Gasteiger partial charge in [0.25, 0.3) is 11.8 Å². The molecule has 1 N–H and O–H groups in total. The second-order valence-electron chi connectivity index (χ2n) is 7.39. The van der Waals surface area contributed by atoms with Gasteiger partial charge in [-0.2, -0.15) is 0 Å². The first-order valence-electron chi connectivity index (χ1n) is 10.2. The van der Waals surface area contributed by atoms with Crippen LogP contribution in [0.25, 0.3) is 6.08 Å². The van der Waals surface area contributed by atoms with Crippen molar-refractivity contribution in [3.8, 4) is 11.5 Å². The van der Waals surface area contributed by atoms with Crippen molar-refractivity contribution in [2.24, 2.45) is 0 Å². The molecule has 4 rings (SSSR count). The SMILES string of the molecule is COc1cc(/C=C2\C(=O)NC(=O)N(c3cccc(F)c3)C2=O)cc(Cl)c1OCc1cccc(F)c1. The number of halogens is 3. The van der Waals surface area contributed by atoms with Gasteiger partial charge in [-0.25, -0.2) is 18.5 Å². The zero-order chi connectivity index (χ0) is 25.1. The molecular weight excluding hydrogens is 482 g/mol. The molecule has 0 spiro atoms. The zero-order valence-electron chi connectivity index (χ0n) is 18.2. The first-order chi connectivity index (χ1) is 16.8. The van der Waals surface area contributed by atoms with Gasteiger partial charge in [0.1, 0.15) is 23.8 Å². The molecule has 10 heteroatoms. The van der Waals surface area contributed by atoms with E-state index < -0.39 is 29.5 Å². The van der Waals surface area contributed by atoms with Gasteiger partial charge in [-0.3, -0.25) is 14.9 Å². The van der Waals surface area contributed by atoms with E-state index in [9.17, 15) is 23.2 Å². The molecule has 1 fully saturated rings. The van der Waals surface area contributed by atoms with Crippen LogP contribution in [0, 0.1) is 11.6 Å². The number of urea groups is 1. The maximum atomic E-state index is 13.6. The van der Waals surface area contributed by atoms with E-state index in [-0.39, 0.29) is 34.4 Å². The highest BCUT2D eigenvalue weighted by atomic mass is 35.5. The average Bonchev–Trinajstić information content (AvgIpc) is 2.80. The van der Waals surface area contributed by atoms with Crippen LogP contribution in [0.4, 0.5) is 19.3 Å². The number of rotatable bonds is 6. The number of methoxy groups -OCH3 is 1. The van der Waals surface area contributed by atoms with E-state index in [0.29, 0.717) is 16.0 Å². The Labute approximate surface area is 203 Å². The van der Waals surface area contributed by atoms with Crippen molar-refractivity contribution in [2.75, 3.05) is 12.0 Å². The molecule has 4 amide bonds. The Balaban J connectivity index is 1.64. The van der Waals surface area contributed by atoms with Crippen molar-refractivity contribution in [2.45, 2.75) is 6.61 Å². The summed E-state index contributed by atoms with van der Waals surface area (Å²) in [5.74, 6) is -2.55. The fraction of sp³-hybridized carbons (Fsp3) is 0.0800. The normalized spacial score (nSPS) is 14.8. The Kier molecular flexibility index (Phi) is 6.79. The van der Waals surface area contributed by atoms with Gasteiger partial charge in [-0.05, 0) is 59.7 Å². The van der Waals surface area contributed by atoms with Gasteiger partial charge in [0.2, 0.25) is 0 Å². The molecule has 1 aliphatic rings. The number of ether oxygens (including phenoxy) is 2. The number of imide groups is 2. The molecule has 0 saturated carbocycles. The predicted molar refractivity (Wildman–Crippen MR) is 124 cm³/mol. The second kappa shape index (κ2) is 9.94. The average molecular weight is 499 g/mol.